The van der Waals surface area contributed by atoms with Crippen molar-refractivity contribution in [3.05, 3.63) is 54.6 Å². The first-order valence-corrected chi connectivity index (χ1v) is 10.3. The van der Waals surface area contributed by atoms with E-state index in [1.807, 2.05) is 30.3 Å². The Hall–Kier alpha value is -2.70. The molecule has 2 aliphatic rings. The Morgan fingerprint density at radius 2 is 1.72 bits per heavy atom. The van der Waals surface area contributed by atoms with Crippen molar-refractivity contribution < 1.29 is 24.3 Å². The van der Waals surface area contributed by atoms with Crippen LogP contribution in [0.25, 0.3) is 0 Å². The maximum Gasteiger partial charge on any atom is 0.292 e. The lowest BCUT2D eigenvalue weighted by Crippen LogP contribution is -3.20. The summed E-state index contributed by atoms with van der Waals surface area (Å²) in [5, 5.41) is 9.37. The number of piperidine rings is 1. The predicted molar refractivity (Wildman–Crippen MR) is 109 cm³/mol. The standard InChI is InChI=1S/C23H26N2O4/c26-15-13-17-6-4-5-14-24(17)21-16-22(27)25(23(21)28)18-9-11-20(12-10-18)29-19-7-2-1-3-8-19/h1-3,7-12,17,21,26H,4-6,13-16H2/p+1/t17-,21+/m1/s1. The lowest BCUT2D eigenvalue weighted by Gasteiger charge is -2.35. The Morgan fingerprint density at radius 1 is 1.00 bits per heavy atom. The minimum atomic E-state index is -0.348. The molecule has 0 aromatic heterocycles. The van der Waals surface area contributed by atoms with Crippen LogP contribution in [0.2, 0.25) is 0 Å². The number of nitrogens with zero attached hydrogens (tertiary/aromatic N) is 1. The number of amides is 2. The Balaban J connectivity index is 1.48. The van der Waals surface area contributed by atoms with Gasteiger partial charge in [0.15, 0.2) is 6.04 Å². The smallest absolute Gasteiger partial charge is 0.292 e. The van der Waals surface area contributed by atoms with Gasteiger partial charge in [-0.2, -0.15) is 0 Å². The van der Waals surface area contributed by atoms with Crippen LogP contribution in [-0.4, -0.2) is 42.2 Å². The fourth-order valence-electron chi connectivity index (χ4n) is 4.53. The Kier molecular flexibility index (Phi) is 5.92. The molecule has 3 atom stereocenters. The number of likely N-dealkylation sites (tertiary alicyclic amines) is 1. The summed E-state index contributed by atoms with van der Waals surface area (Å²) in [6, 6.07) is 16.4. The molecule has 2 N–H and O–H groups in total. The van der Waals surface area contributed by atoms with E-state index in [1.54, 1.807) is 24.3 Å². The summed E-state index contributed by atoms with van der Waals surface area (Å²) < 4.78 is 5.79. The monoisotopic (exact) mass is 395 g/mol. The quantitative estimate of drug-likeness (QED) is 0.734. The third-order valence-corrected chi connectivity index (χ3v) is 5.94. The first-order valence-electron chi connectivity index (χ1n) is 10.3. The van der Waals surface area contributed by atoms with Gasteiger partial charge in [-0.25, -0.2) is 4.90 Å². The lowest BCUT2D eigenvalue weighted by molar-refractivity contribution is -0.945. The maximum absolute atomic E-state index is 13.1. The molecule has 0 saturated carbocycles. The maximum atomic E-state index is 13.1. The number of imide groups is 1. The van der Waals surface area contributed by atoms with Crippen LogP contribution in [0.15, 0.2) is 54.6 Å². The zero-order valence-electron chi connectivity index (χ0n) is 16.4. The van der Waals surface area contributed by atoms with Gasteiger partial charge >= 0.3 is 0 Å². The predicted octanol–water partition coefficient (Wildman–Crippen LogP) is 1.93. The zero-order chi connectivity index (χ0) is 20.2. The summed E-state index contributed by atoms with van der Waals surface area (Å²) in [5.41, 5.74) is 0.582. The lowest BCUT2D eigenvalue weighted by atomic mass is 9.97. The Bertz CT molecular complexity index is 851. The highest BCUT2D eigenvalue weighted by atomic mass is 16.5. The van der Waals surface area contributed by atoms with Gasteiger partial charge in [-0.1, -0.05) is 18.2 Å². The number of aliphatic hydroxyl groups is 1. The molecule has 2 aliphatic heterocycles. The van der Waals surface area contributed by atoms with Crippen LogP contribution in [0.1, 0.15) is 32.1 Å². The van der Waals surface area contributed by atoms with Crippen molar-refractivity contribution in [1.82, 2.24) is 0 Å². The van der Waals surface area contributed by atoms with Crippen LogP contribution < -0.4 is 14.5 Å². The molecule has 0 aliphatic carbocycles. The van der Waals surface area contributed by atoms with Gasteiger partial charge in [-0.3, -0.25) is 9.59 Å². The van der Waals surface area contributed by atoms with E-state index in [0.717, 1.165) is 36.5 Å². The van der Waals surface area contributed by atoms with Gasteiger partial charge in [-0.05, 0) is 55.7 Å². The number of hydrogen-bond donors (Lipinski definition) is 2. The van der Waals surface area contributed by atoms with Crippen molar-refractivity contribution in [3.63, 3.8) is 0 Å². The second-order valence-corrected chi connectivity index (χ2v) is 7.76. The molecule has 2 amide bonds. The number of carbonyl (C=O) groups excluding carboxylic acids is 2. The molecule has 2 saturated heterocycles. The van der Waals surface area contributed by atoms with E-state index in [9.17, 15) is 14.7 Å². The highest BCUT2D eigenvalue weighted by Gasteiger charge is 2.48. The van der Waals surface area contributed by atoms with Gasteiger partial charge in [0, 0.05) is 13.0 Å². The molecule has 2 aromatic rings. The molecule has 0 bridgehead atoms. The number of para-hydroxylation sites is 1. The van der Waals surface area contributed by atoms with Gasteiger partial charge in [0.25, 0.3) is 5.91 Å². The van der Waals surface area contributed by atoms with Crippen LogP contribution in [0.3, 0.4) is 0 Å². The molecule has 2 heterocycles. The van der Waals surface area contributed by atoms with E-state index in [-0.39, 0.29) is 36.9 Å². The number of nitrogens with one attached hydrogen (secondary N) is 1. The van der Waals surface area contributed by atoms with Gasteiger partial charge in [-0.15, -0.1) is 0 Å². The molecule has 6 nitrogen and oxygen atoms in total. The summed E-state index contributed by atoms with van der Waals surface area (Å²) >= 11 is 0. The average molecular weight is 395 g/mol. The minimum absolute atomic E-state index is 0.121. The minimum Gasteiger partial charge on any atom is -0.457 e. The third-order valence-electron chi connectivity index (χ3n) is 5.94. The van der Waals surface area contributed by atoms with Crippen molar-refractivity contribution >= 4 is 17.5 Å². The van der Waals surface area contributed by atoms with Crippen molar-refractivity contribution in [3.8, 4) is 11.5 Å². The molecule has 2 aromatic carbocycles. The molecule has 1 unspecified atom stereocenters. The molecular formula is C23H27N2O4+. The summed E-state index contributed by atoms with van der Waals surface area (Å²) in [7, 11) is 0. The van der Waals surface area contributed by atoms with Crippen LogP contribution in [0, 0.1) is 0 Å². The molecule has 0 spiro atoms. The van der Waals surface area contributed by atoms with Crippen molar-refractivity contribution in [2.45, 2.75) is 44.2 Å². The molecular weight excluding hydrogens is 368 g/mol. The van der Waals surface area contributed by atoms with Crippen LogP contribution in [0.5, 0.6) is 11.5 Å². The van der Waals surface area contributed by atoms with Crippen LogP contribution in [-0.2, 0) is 9.59 Å². The first kappa shape index (κ1) is 19.6. The van der Waals surface area contributed by atoms with E-state index < -0.39 is 0 Å². The Labute approximate surface area is 170 Å². The number of hydrogen-bond acceptors (Lipinski definition) is 4. The normalized spacial score (nSPS) is 24.7. The SMILES string of the molecule is O=C1C[C@H]([NH+]2CCCC[C@@H]2CCO)C(=O)N1c1ccc(Oc2ccccc2)cc1. The molecule has 6 heteroatoms. The zero-order valence-corrected chi connectivity index (χ0v) is 16.4. The number of carbonyl (C=O) groups is 2. The molecule has 4 rings (SSSR count). The van der Waals surface area contributed by atoms with E-state index >= 15 is 0 Å². The molecule has 29 heavy (non-hydrogen) atoms. The van der Waals surface area contributed by atoms with Crippen LogP contribution in [0.4, 0.5) is 5.69 Å². The van der Waals surface area contributed by atoms with Crippen molar-refractivity contribution in [2.75, 3.05) is 18.1 Å². The summed E-state index contributed by atoms with van der Waals surface area (Å²) in [4.78, 5) is 28.3. The topological polar surface area (TPSA) is 71.3 Å². The van der Waals surface area contributed by atoms with Crippen LogP contribution >= 0.6 is 0 Å². The summed E-state index contributed by atoms with van der Waals surface area (Å²) in [5.74, 6) is 1.10. The van der Waals surface area contributed by atoms with Crippen molar-refractivity contribution in [1.29, 1.82) is 0 Å². The number of benzene rings is 2. The van der Waals surface area contributed by atoms with E-state index in [2.05, 4.69) is 0 Å². The van der Waals surface area contributed by atoms with E-state index in [1.165, 1.54) is 4.90 Å². The highest BCUT2D eigenvalue weighted by Crippen LogP contribution is 2.27. The third kappa shape index (κ3) is 4.18. The number of quaternary nitrogens is 1. The van der Waals surface area contributed by atoms with Gasteiger partial charge in [0.05, 0.1) is 24.7 Å². The molecule has 2 fully saturated rings. The second-order valence-electron chi connectivity index (χ2n) is 7.76. The van der Waals surface area contributed by atoms with Crippen molar-refractivity contribution in [2.24, 2.45) is 0 Å². The van der Waals surface area contributed by atoms with E-state index in [0.29, 0.717) is 17.9 Å². The highest BCUT2D eigenvalue weighted by molar-refractivity contribution is 6.21. The van der Waals surface area contributed by atoms with Gasteiger partial charge in [0.1, 0.15) is 11.5 Å². The number of aliphatic hydroxyl groups excluding tert-OH is 1. The number of ether oxygens (including phenoxy) is 1. The number of anilines is 1. The Morgan fingerprint density at radius 3 is 2.45 bits per heavy atom. The van der Waals surface area contributed by atoms with Gasteiger partial charge < -0.3 is 14.7 Å². The number of rotatable bonds is 6. The van der Waals surface area contributed by atoms with Gasteiger partial charge in [0.2, 0.25) is 5.91 Å². The molecule has 0 radical (unpaired) electrons. The largest absolute Gasteiger partial charge is 0.457 e. The first-order chi connectivity index (χ1) is 14.2. The molecule has 152 valence electrons. The summed E-state index contributed by atoms with van der Waals surface area (Å²) in [6.45, 7) is 1.00. The fourth-order valence-corrected chi connectivity index (χ4v) is 4.53. The fraction of sp³-hybridized carbons (Fsp3) is 0.391. The average Bonchev–Trinajstić information content (AvgIpc) is 3.04. The second kappa shape index (κ2) is 8.76. The van der Waals surface area contributed by atoms with E-state index in [4.69, 9.17) is 4.74 Å². The summed E-state index contributed by atoms with van der Waals surface area (Å²) in [6.07, 6.45) is 4.09.